The third-order valence-corrected chi connectivity index (χ3v) is 3.12. The van der Waals surface area contributed by atoms with E-state index in [1.54, 1.807) is 0 Å². The predicted molar refractivity (Wildman–Crippen MR) is 82.1 cm³/mol. The van der Waals surface area contributed by atoms with Crippen molar-refractivity contribution in [1.29, 1.82) is 0 Å². The molecule has 2 aromatic carbocycles. The molecule has 0 saturated heterocycles. The fourth-order valence-electron chi connectivity index (χ4n) is 2.03. The van der Waals surface area contributed by atoms with Gasteiger partial charge in [-0.1, -0.05) is 0 Å². The topological polar surface area (TPSA) is 86.0 Å². The number of rotatable bonds is 5. The number of benzene rings is 2. The molecule has 0 aliphatic carbocycles. The van der Waals surface area contributed by atoms with Crippen molar-refractivity contribution >= 4 is 16.9 Å². The lowest BCUT2D eigenvalue weighted by Crippen LogP contribution is -2.09. The molecule has 0 aliphatic rings. The summed E-state index contributed by atoms with van der Waals surface area (Å²) in [5.41, 5.74) is -0.181. The summed E-state index contributed by atoms with van der Waals surface area (Å²) in [6.07, 6.45) is 1.13. The molecule has 0 atom stereocenters. The van der Waals surface area contributed by atoms with E-state index in [1.807, 2.05) is 0 Å². The highest BCUT2D eigenvalue weighted by atomic mass is 19.1. The Labute approximate surface area is 134 Å². The van der Waals surface area contributed by atoms with E-state index in [0.717, 1.165) is 6.26 Å². The minimum Gasteiger partial charge on any atom is -0.482 e. The average molecular weight is 330 g/mol. The number of halogens is 1. The lowest BCUT2D eigenvalue weighted by atomic mass is 10.2. The zero-order chi connectivity index (χ0) is 17.1. The molecule has 0 saturated carbocycles. The summed E-state index contributed by atoms with van der Waals surface area (Å²) in [5.74, 6) is -1.01. The van der Waals surface area contributed by atoms with Crippen molar-refractivity contribution in [2.45, 2.75) is 0 Å². The second-order valence-electron chi connectivity index (χ2n) is 4.83. The van der Waals surface area contributed by atoms with Crippen molar-refractivity contribution in [2.75, 3.05) is 6.61 Å². The molecule has 6 nitrogen and oxygen atoms in total. The maximum absolute atomic E-state index is 12.9. The van der Waals surface area contributed by atoms with Gasteiger partial charge in [0, 0.05) is 6.07 Å². The number of hydrogen-bond acceptors (Lipinski definition) is 5. The Morgan fingerprint density at radius 2 is 1.83 bits per heavy atom. The van der Waals surface area contributed by atoms with Gasteiger partial charge in [0.2, 0.25) is 11.2 Å². The van der Waals surface area contributed by atoms with Crippen molar-refractivity contribution in [3.05, 3.63) is 64.8 Å². The number of carboxylic acid groups (broad SMARTS) is 1. The van der Waals surface area contributed by atoms with Crippen LogP contribution in [0.25, 0.3) is 11.0 Å². The molecule has 0 spiro atoms. The van der Waals surface area contributed by atoms with Crippen LogP contribution in [0.2, 0.25) is 0 Å². The quantitative estimate of drug-likeness (QED) is 0.773. The summed E-state index contributed by atoms with van der Waals surface area (Å²) in [5, 5.41) is 8.83. The Bertz CT molecular complexity index is 945. The molecule has 3 aromatic rings. The van der Waals surface area contributed by atoms with Gasteiger partial charge < -0.3 is 19.0 Å². The van der Waals surface area contributed by atoms with Gasteiger partial charge in [-0.05, 0) is 36.4 Å². The van der Waals surface area contributed by atoms with Crippen LogP contribution in [0.4, 0.5) is 4.39 Å². The molecule has 0 bridgehead atoms. The van der Waals surface area contributed by atoms with E-state index in [4.69, 9.17) is 19.0 Å². The summed E-state index contributed by atoms with van der Waals surface area (Å²) < 4.78 is 28.6. The van der Waals surface area contributed by atoms with Crippen molar-refractivity contribution < 1.29 is 28.2 Å². The van der Waals surface area contributed by atoms with E-state index in [-0.39, 0.29) is 22.5 Å². The van der Waals surface area contributed by atoms with Crippen LogP contribution in [0, 0.1) is 5.82 Å². The van der Waals surface area contributed by atoms with Crippen LogP contribution in [-0.2, 0) is 4.79 Å². The number of carbonyl (C=O) groups is 1. The Hall–Kier alpha value is -3.35. The summed E-state index contributed by atoms with van der Waals surface area (Å²) in [4.78, 5) is 22.9. The van der Waals surface area contributed by atoms with Crippen molar-refractivity contribution in [3.8, 4) is 17.2 Å². The monoisotopic (exact) mass is 330 g/mol. The highest BCUT2D eigenvalue weighted by Crippen LogP contribution is 2.24. The average Bonchev–Trinajstić information content (AvgIpc) is 2.57. The second-order valence-corrected chi connectivity index (χ2v) is 4.83. The molecule has 3 rings (SSSR count). The number of fused-ring (bicyclic) bond motifs is 1. The van der Waals surface area contributed by atoms with Gasteiger partial charge in [0.25, 0.3) is 0 Å². The first-order valence-corrected chi connectivity index (χ1v) is 6.86. The van der Waals surface area contributed by atoms with Gasteiger partial charge in [0.05, 0.1) is 5.39 Å². The van der Waals surface area contributed by atoms with E-state index < -0.39 is 23.8 Å². The Balaban J connectivity index is 1.90. The summed E-state index contributed by atoms with van der Waals surface area (Å²) in [7, 11) is 0. The first-order valence-electron chi connectivity index (χ1n) is 6.86. The number of aliphatic carboxylic acids is 1. The van der Waals surface area contributed by atoms with Crippen LogP contribution in [0.15, 0.2) is 57.9 Å². The van der Waals surface area contributed by atoms with Crippen LogP contribution < -0.4 is 14.9 Å². The van der Waals surface area contributed by atoms with Gasteiger partial charge in [-0.25, -0.2) is 9.18 Å². The second kappa shape index (κ2) is 6.41. The van der Waals surface area contributed by atoms with E-state index in [9.17, 15) is 14.0 Å². The number of hydrogen-bond donors (Lipinski definition) is 1. The van der Waals surface area contributed by atoms with Gasteiger partial charge in [0.15, 0.2) is 6.61 Å². The zero-order valence-electron chi connectivity index (χ0n) is 12.2. The fourth-order valence-corrected chi connectivity index (χ4v) is 2.03. The normalized spacial score (nSPS) is 10.5. The first kappa shape index (κ1) is 15.5. The molecule has 24 heavy (non-hydrogen) atoms. The maximum Gasteiger partial charge on any atom is 0.341 e. The largest absolute Gasteiger partial charge is 0.482 e. The van der Waals surface area contributed by atoms with Gasteiger partial charge in [-0.3, -0.25) is 4.79 Å². The zero-order valence-corrected chi connectivity index (χ0v) is 12.2. The van der Waals surface area contributed by atoms with E-state index in [1.165, 1.54) is 42.5 Å². The first-order chi connectivity index (χ1) is 11.5. The van der Waals surface area contributed by atoms with Crippen LogP contribution in [0.1, 0.15) is 0 Å². The number of carboxylic acids is 1. The van der Waals surface area contributed by atoms with Crippen LogP contribution in [0.5, 0.6) is 17.2 Å². The summed E-state index contributed by atoms with van der Waals surface area (Å²) in [6.45, 7) is -0.499. The Morgan fingerprint density at radius 3 is 2.54 bits per heavy atom. The molecule has 0 amide bonds. The standard InChI is InChI=1S/C17H11FO6/c18-10-1-3-11(4-2-10)24-15-8-23-14-7-12(22-9-16(19)20)5-6-13(14)17(15)21/h1-8H,9H2,(H,19,20). The SMILES string of the molecule is O=C(O)COc1ccc2c(=O)c(Oc3ccc(F)cc3)coc2c1. The minimum absolute atomic E-state index is 0.0479. The fraction of sp³-hybridized carbons (Fsp3) is 0.0588. The highest BCUT2D eigenvalue weighted by molar-refractivity contribution is 5.79. The lowest BCUT2D eigenvalue weighted by molar-refractivity contribution is -0.139. The number of ether oxygens (including phenoxy) is 2. The lowest BCUT2D eigenvalue weighted by Gasteiger charge is -2.07. The molecule has 7 heteroatoms. The van der Waals surface area contributed by atoms with Gasteiger partial charge in [-0.2, -0.15) is 0 Å². The van der Waals surface area contributed by atoms with Gasteiger partial charge in [0.1, 0.15) is 29.2 Å². The van der Waals surface area contributed by atoms with Crippen LogP contribution >= 0.6 is 0 Å². The molecule has 0 radical (unpaired) electrons. The Kier molecular flexibility index (Phi) is 4.15. The molecule has 0 aliphatic heterocycles. The van der Waals surface area contributed by atoms with Crippen LogP contribution in [0.3, 0.4) is 0 Å². The smallest absolute Gasteiger partial charge is 0.341 e. The highest BCUT2D eigenvalue weighted by Gasteiger charge is 2.11. The molecule has 0 unspecified atom stereocenters. The van der Waals surface area contributed by atoms with Crippen molar-refractivity contribution in [3.63, 3.8) is 0 Å². The Morgan fingerprint density at radius 1 is 1.12 bits per heavy atom. The molecular formula is C17H11FO6. The summed E-state index contributed by atoms with van der Waals surface area (Å²) >= 11 is 0. The van der Waals surface area contributed by atoms with Gasteiger partial charge in [-0.15, -0.1) is 0 Å². The molecule has 0 fully saturated rings. The molecule has 1 heterocycles. The third kappa shape index (κ3) is 3.35. The maximum atomic E-state index is 12.9. The van der Waals surface area contributed by atoms with E-state index in [0.29, 0.717) is 5.75 Å². The van der Waals surface area contributed by atoms with Crippen molar-refractivity contribution in [1.82, 2.24) is 0 Å². The molecule has 122 valence electrons. The van der Waals surface area contributed by atoms with Crippen molar-refractivity contribution in [2.24, 2.45) is 0 Å². The van der Waals surface area contributed by atoms with Gasteiger partial charge >= 0.3 is 5.97 Å². The molecule has 1 aromatic heterocycles. The predicted octanol–water partition coefficient (Wildman–Crippen LogP) is 3.19. The van der Waals surface area contributed by atoms with E-state index >= 15 is 0 Å². The van der Waals surface area contributed by atoms with Crippen LogP contribution in [-0.4, -0.2) is 17.7 Å². The summed E-state index contributed by atoms with van der Waals surface area (Å²) in [6, 6.07) is 9.54. The minimum atomic E-state index is -1.11. The molecular weight excluding hydrogens is 319 g/mol. The molecule has 1 N–H and O–H groups in total. The van der Waals surface area contributed by atoms with E-state index in [2.05, 4.69) is 0 Å². The third-order valence-electron chi connectivity index (χ3n) is 3.12.